The Hall–Kier alpha value is -3.46. The zero-order valence-corrected chi connectivity index (χ0v) is 14.1. The highest BCUT2D eigenvalue weighted by Crippen LogP contribution is 2.34. The van der Waals surface area contributed by atoms with Crippen LogP contribution >= 0.6 is 0 Å². The minimum absolute atomic E-state index is 0.0256. The fourth-order valence-electron chi connectivity index (χ4n) is 3.25. The molecule has 1 aromatic carbocycles. The van der Waals surface area contributed by atoms with Crippen molar-refractivity contribution in [3.05, 3.63) is 53.5 Å². The molecule has 1 saturated heterocycles. The minimum atomic E-state index is -1.11. The number of benzene rings is 1. The molecule has 9 nitrogen and oxygen atoms in total. The van der Waals surface area contributed by atoms with E-state index in [9.17, 15) is 19.2 Å². The van der Waals surface area contributed by atoms with Crippen LogP contribution in [-0.2, 0) is 16.2 Å². The Morgan fingerprint density at radius 3 is 2.67 bits per heavy atom. The predicted octanol–water partition coefficient (Wildman–Crippen LogP) is 0.846. The van der Waals surface area contributed by atoms with E-state index in [-0.39, 0.29) is 36.3 Å². The second-order valence-electron chi connectivity index (χ2n) is 6.18. The lowest BCUT2D eigenvalue weighted by atomic mass is 10.0. The van der Waals surface area contributed by atoms with Crippen molar-refractivity contribution in [2.24, 2.45) is 5.84 Å². The quantitative estimate of drug-likeness (QED) is 0.481. The summed E-state index contributed by atoms with van der Waals surface area (Å²) in [4.78, 5) is 50.4. The van der Waals surface area contributed by atoms with E-state index in [0.29, 0.717) is 10.8 Å². The molecule has 1 aromatic heterocycles. The molecular weight excluding hydrogens is 354 g/mol. The number of carbonyl (C=O) groups excluding carboxylic acids is 4. The summed E-state index contributed by atoms with van der Waals surface area (Å²) >= 11 is 0. The summed E-state index contributed by atoms with van der Waals surface area (Å²) in [6, 6.07) is 6.96. The van der Waals surface area contributed by atoms with Crippen LogP contribution in [0.15, 0.2) is 41.0 Å². The van der Waals surface area contributed by atoms with Gasteiger partial charge in [0.15, 0.2) is 0 Å². The van der Waals surface area contributed by atoms with Crippen LogP contribution in [0.1, 0.15) is 39.3 Å². The number of imide groups is 2. The Kier molecular flexibility index (Phi) is 4.00. The van der Waals surface area contributed by atoms with Crippen molar-refractivity contribution < 1.29 is 28.3 Å². The number of furan rings is 1. The number of hydrogen-bond donors (Lipinski definition) is 1. The van der Waals surface area contributed by atoms with Crippen molar-refractivity contribution in [2.45, 2.75) is 25.5 Å². The normalized spacial score (nSPS) is 19.7. The smallest absolute Gasteiger partial charge is 0.266 e. The molecule has 138 valence electrons. The van der Waals surface area contributed by atoms with Crippen molar-refractivity contribution in [3.63, 3.8) is 0 Å². The van der Waals surface area contributed by atoms with Gasteiger partial charge in [-0.15, -0.1) is 0 Å². The number of hydrazine groups is 1. The molecular formula is C18H15N3O6. The lowest BCUT2D eigenvalue weighted by Crippen LogP contribution is -2.58. The highest BCUT2D eigenvalue weighted by atomic mass is 16.5. The number of piperidine rings is 1. The number of nitrogens with zero attached hydrogens (tertiary/aromatic N) is 2. The van der Waals surface area contributed by atoms with E-state index in [2.05, 4.69) is 0 Å². The Morgan fingerprint density at radius 1 is 1.11 bits per heavy atom. The van der Waals surface area contributed by atoms with Crippen molar-refractivity contribution >= 4 is 23.6 Å². The van der Waals surface area contributed by atoms with Gasteiger partial charge in [-0.25, -0.2) is 10.9 Å². The summed E-state index contributed by atoms with van der Waals surface area (Å²) < 4.78 is 10.8. The molecule has 1 unspecified atom stereocenters. The summed E-state index contributed by atoms with van der Waals surface area (Å²) in [7, 11) is 0. The van der Waals surface area contributed by atoms with Crippen molar-refractivity contribution in [3.8, 4) is 5.75 Å². The number of ether oxygens (including phenoxy) is 1. The first kappa shape index (κ1) is 17.0. The standard InChI is InChI=1S/C18H15N3O6/c19-21-14(22)7-6-12(17(21)24)20-16(23)11-4-1-5-13(15(11)18(20)25)27-9-10-3-2-8-26-10/h1-5,8,12H,6-7,9,19H2. The SMILES string of the molecule is NN1C(=O)CCC(N2C(=O)c3cccc(OCc4ccco4)c3C2=O)C1=O. The van der Waals surface area contributed by atoms with Crippen LogP contribution in [-0.4, -0.2) is 39.6 Å². The average Bonchev–Trinajstić information content (AvgIpc) is 3.27. The van der Waals surface area contributed by atoms with E-state index in [4.69, 9.17) is 15.0 Å². The molecule has 4 rings (SSSR count). The van der Waals surface area contributed by atoms with Crippen molar-refractivity contribution in [2.75, 3.05) is 0 Å². The van der Waals surface area contributed by atoms with Crippen LogP contribution < -0.4 is 10.6 Å². The molecule has 27 heavy (non-hydrogen) atoms. The summed E-state index contributed by atoms with van der Waals surface area (Å²) in [6.07, 6.45) is 1.51. The molecule has 2 N–H and O–H groups in total. The highest BCUT2D eigenvalue weighted by molar-refractivity contribution is 6.24. The molecule has 0 bridgehead atoms. The Labute approximate surface area is 153 Å². The first-order chi connectivity index (χ1) is 13.0. The van der Waals surface area contributed by atoms with Crippen LogP contribution in [0, 0.1) is 0 Å². The number of hydrogen-bond acceptors (Lipinski definition) is 7. The molecule has 0 radical (unpaired) electrons. The highest BCUT2D eigenvalue weighted by Gasteiger charge is 2.47. The average molecular weight is 369 g/mol. The van der Waals surface area contributed by atoms with Gasteiger partial charge in [-0.3, -0.25) is 24.1 Å². The first-order valence-electron chi connectivity index (χ1n) is 8.26. The summed E-state index contributed by atoms with van der Waals surface area (Å²) in [5.41, 5.74) is 0.229. The molecule has 3 heterocycles. The van der Waals surface area contributed by atoms with Gasteiger partial charge in [-0.1, -0.05) is 6.07 Å². The van der Waals surface area contributed by atoms with Gasteiger partial charge in [0.1, 0.15) is 24.2 Å². The third kappa shape index (κ3) is 2.68. The van der Waals surface area contributed by atoms with E-state index in [0.717, 1.165) is 4.90 Å². The molecule has 2 aromatic rings. The number of carbonyl (C=O) groups is 4. The maximum Gasteiger partial charge on any atom is 0.266 e. The molecule has 2 aliphatic rings. The second-order valence-corrected chi connectivity index (χ2v) is 6.18. The molecule has 4 amide bonds. The number of fused-ring (bicyclic) bond motifs is 1. The summed E-state index contributed by atoms with van der Waals surface area (Å²) in [5, 5.41) is 0.464. The van der Waals surface area contributed by atoms with E-state index < -0.39 is 29.7 Å². The summed E-state index contributed by atoms with van der Waals surface area (Å²) in [6.45, 7) is 0.0817. The van der Waals surface area contributed by atoms with Gasteiger partial charge in [0, 0.05) is 6.42 Å². The third-order valence-corrected chi connectivity index (χ3v) is 4.59. The Morgan fingerprint density at radius 2 is 1.93 bits per heavy atom. The molecule has 1 fully saturated rings. The number of nitrogens with two attached hydrogens (primary N) is 1. The van der Waals surface area contributed by atoms with Gasteiger partial charge in [0.05, 0.1) is 17.4 Å². The van der Waals surface area contributed by atoms with Crippen LogP contribution in [0.2, 0.25) is 0 Å². The minimum Gasteiger partial charge on any atom is -0.485 e. The zero-order chi connectivity index (χ0) is 19.1. The van der Waals surface area contributed by atoms with Crippen LogP contribution in [0.5, 0.6) is 5.75 Å². The molecule has 0 aliphatic carbocycles. The van der Waals surface area contributed by atoms with E-state index in [1.54, 1.807) is 24.3 Å². The van der Waals surface area contributed by atoms with E-state index in [1.165, 1.54) is 12.3 Å². The fourth-order valence-corrected chi connectivity index (χ4v) is 3.25. The Balaban J connectivity index is 1.63. The molecule has 0 saturated carbocycles. The monoisotopic (exact) mass is 369 g/mol. The van der Waals surface area contributed by atoms with Gasteiger partial charge in [0.2, 0.25) is 5.91 Å². The van der Waals surface area contributed by atoms with Crippen molar-refractivity contribution in [1.29, 1.82) is 0 Å². The lowest BCUT2D eigenvalue weighted by Gasteiger charge is -2.31. The van der Waals surface area contributed by atoms with Gasteiger partial charge in [-0.2, -0.15) is 0 Å². The van der Waals surface area contributed by atoms with Gasteiger partial charge in [0.25, 0.3) is 17.7 Å². The van der Waals surface area contributed by atoms with Crippen LogP contribution in [0.3, 0.4) is 0 Å². The van der Waals surface area contributed by atoms with E-state index in [1.807, 2.05) is 0 Å². The zero-order valence-electron chi connectivity index (χ0n) is 14.1. The van der Waals surface area contributed by atoms with Crippen LogP contribution in [0.25, 0.3) is 0 Å². The van der Waals surface area contributed by atoms with Crippen LogP contribution in [0.4, 0.5) is 0 Å². The molecule has 2 aliphatic heterocycles. The Bertz CT molecular complexity index is 952. The van der Waals surface area contributed by atoms with E-state index >= 15 is 0 Å². The molecule has 1 atom stereocenters. The first-order valence-corrected chi connectivity index (χ1v) is 8.26. The second kappa shape index (κ2) is 6.36. The number of amides is 4. The largest absolute Gasteiger partial charge is 0.485 e. The topological polar surface area (TPSA) is 123 Å². The maximum atomic E-state index is 12.9. The third-order valence-electron chi connectivity index (χ3n) is 4.59. The molecule has 9 heteroatoms. The van der Waals surface area contributed by atoms with Gasteiger partial charge < -0.3 is 9.15 Å². The van der Waals surface area contributed by atoms with Gasteiger partial charge >= 0.3 is 0 Å². The molecule has 0 spiro atoms. The maximum absolute atomic E-state index is 12.9. The lowest BCUT2D eigenvalue weighted by molar-refractivity contribution is -0.151. The predicted molar refractivity (Wildman–Crippen MR) is 89.0 cm³/mol. The van der Waals surface area contributed by atoms with Crippen molar-refractivity contribution in [1.82, 2.24) is 9.91 Å². The number of rotatable bonds is 4. The summed E-state index contributed by atoms with van der Waals surface area (Å²) in [5.74, 6) is 3.65. The van der Waals surface area contributed by atoms with Gasteiger partial charge in [-0.05, 0) is 30.7 Å². The fraction of sp³-hybridized carbons (Fsp3) is 0.222.